The molecule has 0 spiro atoms. The van der Waals surface area contributed by atoms with Crippen molar-refractivity contribution in [3.8, 4) is 0 Å². The van der Waals surface area contributed by atoms with Gasteiger partial charge in [0.1, 0.15) is 5.54 Å². The van der Waals surface area contributed by atoms with Crippen LogP contribution in [0.5, 0.6) is 0 Å². The lowest BCUT2D eigenvalue weighted by Crippen LogP contribution is -2.52. The highest BCUT2D eigenvalue weighted by molar-refractivity contribution is 5.80. The smallest absolute Gasteiger partial charge is 0.326 e. The number of rotatable bonds is 4. The molecule has 0 amide bonds. The Morgan fingerprint density at radius 2 is 2.12 bits per heavy atom. The minimum atomic E-state index is -0.697. The molecule has 17 heavy (non-hydrogen) atoms. The van der Waals surface area contributed by atoms with Gasteiger partial charge in [-0.05, 0) is 31.1 Å². The molecule has 0 heterocycles. The molecule has 2 rings (SSSR count). The van der Waals surface area contributed by atoms with Gasteiger partial charge in [-0.25, -0.2) is 0 Å². The summed E-state index contributed by atoms with van der Waals surface area (Å²) in [5.41, 5.74) is 5.48. The summed E-state index contributed by atoms with van der Waals surface area (Å²) in [6.07, 6.45) is 8.80. The van der Waals surface area contributed by atoms with Crippen LogP contribution in [-0.4, -0.2) is 18.1 Å². The van der Waals surface area contributed by atoms with Crippen molar-refractivity contribution in [3.63, 3.8) is 0 Å². The fourth-order valence-electron chi connectivity index (χ4n) is 3.02. The fourth-order valence-corrected chi connectivity index (χ4v) is 3.02. The standard InChI is InChI=1S/C14H25NO2/c1-11-4-3-8-14(15,10-11)13(16)17-9-7-12-5-2-6-12/h11-12H,2-10,15H2,1H3. The minimum absolute atomic E-state index is 0.164. The molecule has 2 saturated carbocycles. The van der Waals surface area contributed by atoms with Crippen LogP contribution in [0.2, 0.25) is 0 Å². The third-order valence-corrected chi connectivity index (χ3v) is 4.42. The lowest BCUT2D eigenvalue weighted by molar-refractivity contribution is -0.152. The first-order valence-electron chi connectivity index (χ1n) is 7.06. The van der Waals surface area contributed by atoms with E-state index in [1.165, 1.54) is 25.7 Å². The number of nitrogens with two attached hydrogens (primary N) is 1. The number of carbonyl (C=O) groups excluding carboxylic acids is 1. The van der Waals surface area contributed by atoms with Crippen LogP contribution < -0.4 is 5.73 Å². The third kappa shape index (κ3) is 3.21. The van der Waals surface area contributed by atoms with E-state index in [9.17, 15) is 4.79 Å². The van der Waals surface area contributed by atoms with Gasteiger partial charge in [-0.1, -0.05) is 39.0 Å². The topological polar surface area (TPSA) is 52.3 Å². The molecule has 2 aliphatic carbocycles. The summed E-state index contributed by atoms with van der Waals surface area (Å²) >= 11 is 0. The highest BCUT2D eigenvalue weighted by Gasteiger charge is 2.39. The zero-order valence-electron chi connectivity index (χ0n) is 10.9. The van der Waals surface area contributed by atoms with Crippen LogP contribution in [0.25, 0.3) is 0 Å². The summed E-state index contributed by atoms with van der Waals surface area (Å²) in [6, 6.07) is 0. The average Bonchev–Trinajstić information content (AvgIpc) is 2.21. The van der Waals surface area contributed by atoms with Crippen molar-refractivity contribution >= 4 is 5.97 Å². The lowest BCUT2D eigenvalue weighted by atomic mass is 9.77. The fraction of sp³-hybridized carbons (Fsp3) is 0.929. The summed E-state index contributed by atoms with van der Waals surface area (Å²) in [5.74, 6) is 1.18. The second-order valence-electron chi connectivity index (χ2n) is 6.08. The van der Waals surface area contributed by atoms with Crippen molar-refractivity contribution in [1.29, 1.82) is 0 Å². The Labute approximate surface area is 104 Å². The van der Waals surface area contributed by atoms with Crippen molar-refractivity contribution < 1.29 is 9.53 Å². The van der Waals surface area contributed by atoms with E-state index in [-0.39, 0.29) is 5.97 Å². The molecule has 0 radical (unpaired) electrons. The first-order chi connectivity index (χ1) is 8.10. The van der Waals surface area contributed by atoms with E-state index in [0.29, 0.717) is 12.5 Å². The monoisotopic (exact) mass is 239 g/mol. The molecule has 2 N–H and O–H groups in total. The molecule has 3 heteroatoms. The third-order valence-electron chi connectivity index (χ3n) is 4.42. The molecule has 2 aliphatic rings. The van der Waals surface area contributed by atoms with Gasteiger partial charge >= 0.3 is 5.97 Å². The zero-order valence-corrected chi connectivity index (χ0v) is 10.9. The largest absolute Gasteiger partial charge is 0.464 e. The van der Waals surface area contributed by atoms with E-state index in [1.54, 1.807) is 0 Å². The lowest BCUT2D eigenvalue weighted by Gasteiger charge is -2.34. The van der Waals surface area contributed by atoms with Gasteiger partial charge in [0, 0.05) is 0 Å². The van der Waals surface area contributed by atoms with Gasteiger partial charge in [0.15, 0.2) is 0 Å². The second kappa shape index (κ2) is 5.38. The number of hydrogen-bond acceptors (Lipinski definition) is 3. The average molecular weight is 239 g/mol. The van der Waals surface area contributed by atoms with Crippen molar-refractivity contribution in [2.45, 2.75) is 63.8 Å². The van der Waals surface area contributed by atoms with Crippen LogP contribution in [0.1, 0.15) is 58.3 Å². The molecule has 2 fully saturated rings. The van der Waals surface area contributed by atoms with Gasteiger partial charge < -0.3 is 10.5 Å². The van der Waals surface area contributed by atoms with Crippen molar-refractivity contribution in [2.24, 2.45) is 17.6 Å². The molecule has 0 aliphatic heterocycles. The highest BCUT2D eigenvalue weighted by Crippen LogP contribution is 2.32. The second-order valence-corrected chi connectivity index (χ2v) is 6.08. The summed E-state index contributed by atoms with van der Waals surface area (Å²) in [6.45, 7) is 2.74. The van der Waals surface area contributed by atoms with Gasteiger partial charge in [0.25, 0.3) is 0 Å². The molecular weight excluding hydrogens is 214 g/mol. The van der Waals surface area contributed by atoms with Gasteiger partial charge in [-0.15, -0.1) is 0 Å². The summed E-state index contributed by atoms with van der Waals surface area (Å²) in [5, 5.41) is 0. The Morgan fingerprint density at radius 1 is 1.35 bits per heavy atom. The highest BCUT2D eigenvalue weighted by atomic mass is 16.5. The molecule has 0 bridgehead atoms. The number of hydrogen-bond donors (Lipinski definition) is 1. The Hall–Kier alpha value is -0.570. The van der Waals surface area contributed by atoms with E-state index < -0.39 is 5.54 Å². The summed E-state index contributed by atoms with van der Waals surface area (Å²) in [7, 11) is 0. The van der Waals surface area contributed by atoms with Crippen LogP contribution in [0.3, 0.4) is 0 Å². The first kappa shape index (κ1) is 12.9. The van der Waals surface area contributed by atoms with Crippen molar-refractivity contribution in [1.82, 2.24) is 0 Å². The quantitative estimate of drug-likeness (QED) is 0.767. The number of ether oxygens (including phenoxy) is 1. The van der Waals surface area contributed by atoms with E-state index in [2.05, 4.69) is 6.92 Å². The van der Waals surface area contributed by atoms with E-state index in [1.807, 2.05) is 0 Å². The van der Waals surface area contributed by atoms with Crippen LogP contribution in [-0.2, 0) is 9.53 Å². The van der Waals surface area contributed by atoms with Crippen molar-refractivity contribution in [2.75, 3.05) is 6.61 Å². The molecule has 2 unspecified atom stereocenters. The minimum Gasteiger partial charge on any atom is -0.464 e. The van der Waals surface area contributed by atoms with E-state index in [4.69, 9.17) is 10.5 Å². The Balaban J connectivity index is 1.73. The normalized spacial score (nSPS) is 34.1. The number of carbonyl (C=O) groups is 1. The van der Waals surface area contributed by atoms with Gasteiger partial charge in [0.2, 0.25) is 0 Å². The molecule has 2 atom stereocenters. The summed E-state index contributed by atoms with van der Waals surface area (Å²) in [4.78, 5) is 12.0. The molecule has 0 saturated heterocycles. The summed E-state index contributed by atoms with van der Waals surface area (Å²) < 4.78 is 5.38. The van der Waals surface area contributed by atoms with Gasteiger partial charge in [0.05, 0.1) is 6.61 Å². The maximum absolute atomic E-state index is 12.0. The van der Waals surface area contributed by atoms with Gasteiger partial charge in [-0.3, -0.25) is 4.79 Å². The molecule has 0 aromatic carbocycles. The Morgan fingerprint density at radius 3 is 2.71 bits per heavy atom. The van der Waals surface area contributed by atoms with Crippen LogP contribution >= 0.6 is 0 Å². The van der Waals surface area contributed by atoms with Crippen LogP contribution in [0.4, 0.5) is 0 Å². The van der Waals surface area contributed by atoms with E-state index >= 15 is 0 Å². The maximum Gasteiger partial charge on any atom is 0.326 e. The van der Waals surface area contributed by atoms with E-state index in [0.717, 1.165) is 31.6 Å². The SMILES string of the molecule is CC1CCCC(N)(C(=O)OCCC2CCC2)C1. The predicted octanol–water partition coefficient (Wildman–Crippen LogP) is 2.63. The predicted molar refractivity (Wildman–Crippen MR) is 67.5 cm³/mol. The van der Waals surface area contributed by atoms with Crippen molar-refractivity contribution in [3.05, 3.63) is 0 Å². The number of esters is 1. The van der Waals surface area contributed by atoms with Gasteiger partial charge in [-0.2, -0.15) is 0 Å². The molecule has 0 aromatic heterocycles. The van der Waals surface area contributed by atoms with Crippen LogP contribution in [0, 0.1) is 11.8 Å². The Bertz CT molecular complexity index is 275. The molecular formula is C14H25NO2. The molecule has 98 valence electrons. The molecule has 0 aromatic rings. The maximum atomic E-state index is 12.0. The Kier molecular flexibility index (Phi) is 4.08. The van der Waals surface area contributed by atoms with Crippen LogP contribution in [0.15, 0.2) is 0 Å². The molecule has 3 nitrogen and oxygen atoms in total. The zero-order chi connectivity index (χ0) is 12.3. The first-order valence-corrected chi connectivity index (χ1v) is 7.06.